The quantitative estimate of drug-likeness (QED) is 0.230. The Morgan fingerprint density at radius 3 is 2.60 bits per heavy atom. The van der Waals surface area contributed by atoms with Crippen LogP contribution in [0.3, 0.4) is 0 Å². The van der Waals surface area contributed by atoms with Crippen molar-refractivity contribution in [2.75, 3.05) is 38.6 Å². The fourth-order valence-corrected chi connectivity index (χ4v) is 4.72. The summed E-state index contributed by atoms with van der Waals surface area (Å²) >= 11 is 0. The SMILES string of the molecule is COC(CN(CCCCc1ccc2c(n1)NCCC2)CC[C@H](NC(=O)[C@](C)(O)c1ccccc1)C(=O)O)C(F)F. The number of carbonyl (C=O) groups excluding carboxylic acids is 1. The maximum absolute atomic E-state index is 13.5. The number of alkyl halides is 2. The van der Waals surface area contributed by atoms with Gasteiger partial charge in [0, 0.05) is 32.4 Å². The molecule has 3 atom stereocenters. The maximum Gasteiger partial charge on any atom is 0.326 e. The molecule has 1 aromatic heterocycles. The lowest BCUT2D eigenvalue weighted by molar-refractivity contribution is -0.147. The van der Waals surface area contributed by atoms with Crippen molar-refractivity contribution >= 4 is 17.7 Å². The second-order valence-corrected chi connectivity index (χ2v) is 10.3. The average molecular weight is 563 g/mol. The number of benzene rings is 1. The van der Waals surface area contributed by atoms with Crippen molar-refractivity contribution in [1.82, 2.24) is 15.2 Å². The summed E-state index contributed by atoms with van der Waals surface area (Å²) in [6.45, 7) is 2.69. The first-order chi connectivity index (χ1) is 19.1. The minimum atomic E-state index is -2.70. The molecule has 2 heterocycles. The van der Waals surface area contributed by atoms with Crippen molar-refractivity contribution in [3.05, 3.63) is 59.3 Å². The average Bonchev–Trinajstić information content (AvgIpc) is 2.95. The number of anilines is 1. The van der Waals surface area contributed by atoms with E-state index >= 15 is 0 Å². The monoisotopic (exact) mass is 562 g/mol. The van der Waals surface area contributed by atoms with Crippen molar-refractivity contribution in [2.24, 2.45) is 0 Å². The van der Waals surface area contributed by atoms with Gasteiger partial charge in [0.15, 0.2) is 5.60 Å². The molecule has 9 nitrogen and oxygen atoms in total. The summed E-state index contributed by atoms with van der Waals surface area (Å²) in [5.74, 6) is -1.20. The molecule has 2 aromatic rings. The summed E-state index contributed by atoms with van der Waals surface area (Å²) in [6.07, 6.45) is 0.213. The van der Waals surface area contributed by atoms with E-state index in [1.165, 1.54) is 19.6 Å². The van der Waals surface area contributed by atoms with Crippen molar-refractivity contribution in [3.63, 3.8) is 0 Å². The number of nitrogens with zero attached hydrogens (tertiary/aromatic N) is 2. The van der Waals surface area contributed by atoms with Gasteiger partial charge in [0.25, 0.3) is 12.3 Å². The van der Waals surface area contributed by atoms with Gasteiger partial charge in [-0.15, -0.1) is 0 Å². The standard InChI is InChI=1S/C29H40F2N4O5/c1-29(39,21-10-4-3-5-11-21)28(38)34-23(27(36)37)15-18-35(19-24(40-2)25(30)31)17-7-6-12-22-14-13-20-9-8-16-32-26(20)33-22/h3-5,10-11,13-14,23-25,39H,6-9,12,15-19H2,1-2H3,(H,32,33)(H,34,38)(H,36,37)/t23-,24?,29+/m0/s1. The van der Waals surface area contributed by atoms with E-state index < -0.39 is 36.0 Å². The summed E-state index contributed by atoms with van der Waals surface area (Å²) in [6, 6.07) is 11.0. The molecule has 1 aliphatic heterocycles. The van der Waals surface area contributed by atoms with Crippen LogP contribution in [0, 0.1) is 0 Å². The minimum absolute atomic E-state index is 0.0380. The second-order valence-electron chi connectivity index (χ2n) is 10.3. The fraction of sp³-hybridized carbons (Fsp3) is 0.552. The Labute approximate surface area is 233 Å². The molecule has 3 rings (SSSR count). The van der Waals surface area contributed by atoms with E-state index in [-0.39, 0.29) is 19.5 Å². The summed E-state index contributed by atoms with van der Waals surface area (Å²) in [7, 11) is 1.22. The normalized spacial score (nSPS) is 16.1. The van der Waals surface area contributed by atoms with Crippen molar-refractivity contribution < 1.29 is 33.3 Å². The Morgan fingerprint density at radius 2 is 1.93 bits per heavy atom. The van der Waals surface area contributed by atoms with Gasteiger partial charge >= 0.3 is 5.97 Å². The molecule has 1 aromatic carbocycles. The Hall–Kier alpha value is -3.15. The minimum Gasteiger partial charge on any atom is -0.480 e. The lowest BCUT2D eigenvalue weighted by Gasteiger charge is -2.29. The number of pyridine rings is 1. The highest BCUT2D eigenvalue weighted by Crippen LogP contribution is 2.22. The molecule has 4 N–H and O–H groups in total. The Morgan fingerprint density at radius 1 is 1.18 bits per heavy atom. The smallest absolute Gasteiger partial charge is 0.326 e. The zero-order valence-electron chi connectivity index (χ0n) is 23.1. The molecule has 1 amide bonds. The highest BCUT2D eigenvalue weighted by atomic mass is 19.3. The van der Waals surface area contributed by atoms with Gasteiger partial charge in [-0.3, -0.25) is 4.79 Å². The van der Waals surface area contributed by atoms with Crippen molar-refractivity contribution in [2.45, 2.75) is 69.6 Å². The predicted octanol–water partition coefficient (Wildman–Crippen LogP) is 3.21. The van der Waals surface area contributed by atoms with Crippen LogP contribution in [0.15, 0.2) is 42.5 Å². The molecule has 0 radical (unpaired) electrons. The maximum atomic E-state index is 13.5. The van der Waals surface area contributed by atoms with E-state index in [2.05, 4.69) is 16.7 Å². The highest BCUT2D eigenvalue weighted by molar-refractivity contribution is 5.89. The number of ether oxygens (including phenoxy) is 1. The van der Waals surface area contributed by atoms with Gasteiger partial charge in [0.2, 0.25) is 0 Å². The number of methoxy groups -OCH3 is 1. The van der Waals surface area contributed by atoms with Crippen LogP contribution in [0.25, 0.3) is 0 Å². The third kappa shape index (κ3) is 8.94. The lowest BCUT2D eigenvalue weighted by atomic mass is 9.94. The van der Waals surface area contributed by atoms with E-state index in [4.69, 9.17) is 9.72 Å². The Bertz CT molecular complexity index is 1100. The molecular formula is C29H40F2N4O5. The van der Waals surface area contributed by atoms with Crippen LogP contribution < -0.4 is 10.6 Å². The number of hydrogen-bond acceptors (Lipinski definition) is 7. The number of nitrogens with one attached hydrogen (secondary N) is 2. The topological polar surface area (TPSA) is 124 Å². The van der Waals surface area contributed by atoms with E-state index in [9.17, 15) is 28.6 Å². The van der Waals surface area contributed by atoms with Crippen molar-refractivity contribution in [1.29, 1.82) is 0 Å². The number of unbranched alkanes of at least 4 members (excludes halogenated alkanes) is 1. The zero-order valence-corrected chi connectivity index (χ0v) is 23.1. The molecule has 0 spiro atoms. The van der Waals surface area contributed by atoms with Gasteiger partial charge in [0.05, 0.1) is 0 Å². The highest BCUT2D eigenvalue weighted by Gasteiger charge is 2.35. The van der Waals surface area contributed by atoms with Gasteiger partial charge in [-0.05, 0) is 69.2 Å². The van der Waals surface area contributed by atoms with Crippen LogP contribution in [-0.4, -0.2) is 83.8 Å². The van der Waals surface area contributed by atoms with E-state index in [1.54, 1.807) is 35.2 Å². The van der Waals surface area contributed by atoms with E-state index in [0.717, 1.165) is 43.7 Å². The number of amides is 1. The van der Waals surface area contributed by atoms with Crippen LogP contribution in [0.4, 0.5) is 14.6 Å². The van der Waals surface area contributed by atoms with Gasteiger partial charge < -0.3 is 30.5 Å². The Kier molecular flexibility index (Phi) is 11.8. The Balaban J connectivity index is 1.58. The summed E-state index contributed by atoms with van der Waals surface area (Å²) in [4.78, 5) is 31.2. The van der Waals surface area contributed by atoms with E-state index in [0.29, 0.717) is 18.5 Å². The molecule has 1 unspecified atom stereocenters. The third-order valence-corrected chi connectivity index (χ3v) is 7.25. The molecule has 1 aliphatic rings. The zero-order chi connectivity index (χ0) is 29.1. The predicted molar refractivity (Wildman–Crippen MR) is 147 cm³/mol. The molecular weight excluding hydrogens is 522 g/mol. The molecule has 0 saturated carbocycles. The molecule has 40 heavy (non-hydrogen) atoms. The number of hydrogen-bond donors (Lipinski definition) is 4. The van der Waals surface area contributed by atoms with Crippen LogP contribution >= 0.6 is 0 Å². The van der Waals surface area contributed by atoms with Gasteiger partial charge in [0.1, 0.15) is 18.0 Å². The number of fused-ring (bicyclic) bond motifs is 1. The molecule has 0 saturated heterocycles. The first-order valence-corrected chi connectivity index (χ1v) is 13.7. The number of aliphatic hydroxyl groups is 1. The number of halogens is 2. The molecule has 0 bridgehead atoms. The van der Waals surface area contributed by atoms with Gasteiger partial charge in [-0.1, -0.05) is 36.4 Å². The van der Waals surface area contributed by atoms with Gasteiger partial charge in [-0.25, -0.2) is 18.6 Å². The van der Waals surface area contributed by atoms with Crippen LogP contribution in [-0.2, 0) is 32.8 Å². The summed E-state index contributed by atoms with van der Waals surface area (Å²) < 4.78 is 31.9. The molecule has 0 aliphatic carbocycles. The number of aliphatic carboxylic acids is 1. The first kappa shape index (κ1) is 31.4. The number of rotatable bonds is 16. The number of aromatic nitrogens is 1. The first-order valence-electron chi connectivity index (χ1n) is 13.7. The second kappa shape index (κ2) is 15.0. The summed E-state index contributed by atoms with van der Waals surface area (Å²) in [5.41, 5.74) is 0.554. The van der Waals surface area contributed by atoms with Crippen LogP contribution in [0.1, 0.15) is 49.4 Å². The lowest BCUT2D eigenvalue weighted by Crippen LogP contribution is -2.50. The fourth-order valence-electron chi connectivity index (χ4n) is 4.72. The number of aryl methyl sites for hydroxylation is 2. The third-order valence-electron chi connectivity index (χ3n) is 7.25. The molecule has 11 heteroatoms. The van der Waals surface area contributed by atoms with Crippen LogP contribution in [0.2, 0.25) is 0 Å². The van der Waals surface area contributed by atoms with Crippen molar-refractivity contribution in [3.8, 4) is 0 Å². The van der Waals surface area contributed by atoms with Crippen LogP contribution in [0.5, 0.6) is 0 Å². The number of carboxylic acid groups (broad SMARTS) is 1. The number of carboxylic acids is 1. The molecule has 220 valence electrons. The number of carbonyl (C=O) groups is 2. The van der Waals surface area contributed by atoms with Gasteiger partial charge in [-0.2, -0.15) is 0 Å². The summed E-state index contributed by atoms with van der Waals surface area (Å²) in [5, 5.41) is 26.2. The van der Waals surface area contributed by atoms with E-state index in [1.807, 2.05) is 6.07 Å². The molecule has 0 fully saturated rings. The largest absolute Gasteiger partial charge is 0.480 e.